The minimum absolute atomic E-state index is 0.138. The minimum atomic E-state index is -0.554. The van der Waals surface area contributed by atoms with E-state index in [2.05, 4.69) is 5.32 Å². The molecule has 0 saturated heterocycles. The highest BCUT2D eigenvalue weighted by Crippen LogP contribution is 2.19. The van der Waals surface area contributed by atoms with Crippen LogP contribution in [0.4, 0.5) is 0 Å². The number of hydrogen-bond donors (Lipinski definition) is 1. The molecule has 0 saturated carbocycles. The summed E-state index contributed by atoms with van der Waals surface area (Å²) in [6.07, 6.45) is 0.154. The summed E-state index contributed by atoms with van der Waals surface area (Å²) < 4.78 is 11.3. The van der Waals surface area contributed by atoms with Crippen molar-refractivity contribution in [3.8, 4) is 11.5 Å². The maximum atomic E-state index is 12.4. The van der Waals surface area contributed by atoms with Crippen LogP contribution in [0, 0.1) is 0 Å². The third-order valence-electron chi connectivity index (χ3n) is 3.50. The fourth-order valence-electron chi connectivity index (χ4n) is 2.29. The number of hydrogen-bond acceptors (Lipinski definition) is 3. The minimum Gasteiger partial charge on any atom is -0.491 e. The van der Waals surface area contributed by atoms with Crippen LogP contribution in [0.2, 0.25) is 5.02 Å². The van der Waals surface area contributed by atoms with Gasteiger partial charge < -0.3 is 14.8 Å². The molecule has 0 aromatic heterocycles. The highest BCUT2D eigenvalue weighted by atomic mass is 35.5. The fourth-order valence-corrected chi connectivity index (χ4v) is 2.47. The van der Waals surface area contributed by atoms with Crippen LogP contribution in [0.15, 0.2) is 48.5 Å². The molecule has 5 heteroatoms. The van der Waals surface area contributed by atoms with E-state index in [0.29, 0.717) is 23.7 Å². The van der Waals surface area contributed by atoms with Gasteiger partial charge in [0, 0.05) is 11.6 Å². The normalized spacial score (nSPS) is 11.9. The second kappa shape index (κ2) is 9.33. The summed E-state index contributed by atoms with van der Waals surface area (Å²) in [6.45, 7) is 6.32. The van der Waals surface area contributed by atoms with Gasteiger partial charge in [-0.25, -0.2) is 0 Å². The lowest BCUT2D eigenvalue weighted by molar-refractivity contribution is -0.128. The third-order valence-corrected chi connectivity index (χ3v) is 3.73. The molecule has 0 fully saturated rings. The lowest BCUT2D eigenvalue weighted by atomic mass is 10.2. The monoisotopic (exact) mass is 361 g/mol. The van der Waals surface area contributed by atoms with Gasteiger partial charge in [-0.15, -0.1) is 0 Å². The number of benzene rings is 2. The Kier molecular flexibility index (Phi) is 7.14. The molecule has 1 amide bonds. The molecule has 0 heterocycles. The largest absolute Gasteiger partial charge is 0.491 e. The highest BCUT2D eigenvalue weighted by molar-refractivity contribution is 6.30. The molecule has 0 bridgehead atoms. The van der Waals surface area contributed by atoms with Gasteiger partial charge >= 0.3 is 0 Å². The Balaban J connectivity index is 1.89. The summed E-state index contributed by atoms with van der Waals surface area (Å²) in [5.41, 5.74) is 1.00. The van der Waals surface area contributed by atoms with E-state index in [0.717, 1.165) is 11.3 Å². The molecule has 0 unspecified atom stereocenters. The van der Waals surface area contributed by atoms with Crippen molar-refractivity contribution in [1.82, 2.24) is 5.32 Å². The topological polar surface area (TPSA) is 47.6 Å². The van der Waals surface area contributed by atoms with Crippen molar-refractivity contribution in [2.24, 2.45) is 0 Å². The van der Waals surface area contributed by atoms with Crippen LogP contribution in [0.5, 0.6) is 11.5 Å². The van der Waals surface area contributed by atoms with E-state index >= 15 is 0 Å². The molecule has 2 rings (SSSR count). The van der Waals surface area contributed by atoms with Crippen molar-refractivity contribution in [3.05, 3.63) is 59.1 Å². The van der Waals surface area contributed by atoms with Gasteiger partial charge in [-0.05, 0) is 56.2 Å². The Hall–Kier alpha value is -2.20. The van der Waals surface area contributed by atoms with Crippen LogP contribution in [0.25, 0.3) is 0 Å². The van der Waals surface area contributed by atoms with Crippen molar-refractivity contribution >= 4 is 17.5 Å². The number of amides is 1. The maximum Gasteiger partial charge on any atom is 0.261 e. The van der Waals surface area contributed by atoms with Crippen molar-refractivity contribution in [2.75, 3.05) is 0 Å². The Morgan fingerprint density at radius 2 is 1.80 bits per heavy atom. The van der Waals surface area contributed by atoms with Gasteiger partial charge in [0.05, 0.1) is 6.10 Å². The van der Waals surface area contributed by atoms with Crippen LogP contribution in [0.3, 0.4) is 0 Å². The van der Waals surface area contributed by atoms with Gasteiger partial charge in [0.1, 0.15) is 11.5 Å². The first-order valence-electron chi connectivity index (χ1n) is 8.43. The average Bonchev–Trinajstić information content (AvgIpc) is 2.58. The summed E-state index contributed by atoms with van der Waals surface area (Å²) in [5.74, 6) is 1.26. The van der Waals surface area contributed by atoms with Gasteiger partial charge in [0.2, 0.25) is 0 Å². The smallest absolute Gasteiger partial charge is 0.261 e. The zero-order valence-electron chi connectivity index (χ0n) is 14.8. The van der Waals surface area contributed by atoms with Crippen LogP contribution in [0.1, 0.15) is 32.8 Å². The molecule has 0 aliphatic carbocycles. The summed E-state index contributed by atoms with van der Waals surface area (Å²) in [5, 5.41) is 3.49. The maximum absolute atomic E-state index is 12.4. The Labute approximate surface area is 154 Å². The first-order chi connectivity index (χ1) is 12.0. The molecule has 25 heavy (non-hydrogen) atoms. The number of rotatable bonds is 8. The molecular formula is C20H24ClNO3. The lowest BCUT2D eigenvalue weighted by Gasteiger charge is -2.17. The number of carbonyl (C=O) groups excluding carboxylic acids is 1. The first kappa shape index (κ1) is 19.1. The van der Waals surface area contributed by atoms with Gasteiger partial charge in [-0.3, -0.25) is 4.79 Å². The SMILES string of the molecule is CC[C@@H](Oc1cccc(Cl)c1)C(=O)NCc1ccc(OC(C)C)cc1. The number of halogens is 1. The van der Waals surface area contributed by atoms with Crippen LogP contribution < -0.4 is 14.8 Å². The standard InChI is InChI=1S/C20H24ClNO3/c1-4-19(25-18-7-5-6-16(21)12-18)20(23)22-13-15-8-10-17(11-9-15)24-14(2)3/h5-12,14,19H,4,13H2,1-3H3,(H,22,23)/t19-/m1/s1. The van der Waals surface area contributed by atoms with E-state index in [-0.39, 0.29) is 12.0 Å². The fraction of sp³-hybridized carbons (Fsp3) is 0.350. The Morgan fingerprint density at radius 1 is 1.08 bits per heavy atom. The average molecular weight is 362 g/mol. The Morgan fingerprint density at radius 3 is 2.40 bits per heavy atom. The number of nitrogens with one attached hydrogen (secondary N) is 1. The summed E-state index contributed by atoms with van der Waals surface area (Å²) in [4.78, 5) is 12.4. The van der Waals surface area contributed by atoms with E-state index in [9.17, 15) is 4.79 Å². The van der Waals surface area contributed by atoms with E-state index < -0.39 is 6.10 Å². The van der Waals surface area contributed by atoms with Crippen molar-refractivity contribution < 1.29 is 14.3 Å². The quantitative estimate of drug-likeness (QED) is 0.747. The van der Waals surface area contributed by atoms with Gasteiger partial charge in [-0.2, -0.15) is 0 Å². The Bertz CT molecular complexity index is 686. The van der Waals surface area contributed by atoms with Crippen molar-refractivity contribution in [1.29, 1.82) is 0 Å². The van der Waals surface area contributed by atoms with Crippen LogP contribution in [-0.4, -0.2) is 18.1 Å². The van der Waals surface area contributed by atoms with Crippen molar-refractivity contribution in [2.45, 2.75) is 45.9 Å². The second-order valence-electron chi connectivity index (χ2n) is 6.00. The van der Waals surface area contributed by atoms with E-state index in [1.807, 2.05) is 45.0 Å². The van der Waals surface area contributed by atoms with Crippen LogP contribution in [-0.2, 0) is 11.3 Å². The first-order valence-corrected chi connectivity index (χ1v) is 8.81. The zero-order chi connectivity index (χ0) is 18.2. The summed E-state index contributed by atoms with van der Waals surface area (Å²) in [6, 6.07) is 14.7. The van der Waals surface area contributed by atoms with Gasteiger partial charge in [0.25, 0.3) is 5.91 Å². The molecule has 0 spiro atoms. The summed E-state index contributed by atoms with van der Waals surface area (Å²) >= 11 is 5.95. The van der Waals surface area contributed by atoms with E-state index in [1.165, 1.54) is 0 Å². The summed E-state index contributed by atoms with van der Waals surface area (Å²) in [7, 11) is 0. The molecule has 134 valence electrons. The highest BCUT2D eigenvalue weighted by Gasteiger charge is 2.18. The predicted molar refractivity (Wildman–Crippen MR) is 100 cm³/mol. The van der Waals surface area contributed by atoms with Crippen LogP contribution >= 0.6 is 11.6 Å². The lowest BCUT2D eigenvalue weighted by Crippen LogP contribution is -2.37. The predicted octanol–water partition coefficient (Wildman–Crippen LogP) is 4.60. The molecule has 0 radical (unpaired) electrons. The van der Waals surface area contributed by atoms with Gasteiger partial charge in [0.15, 0.2) is 6.10 Å². The zero-order valence-corrected chi connectivity index (χ0v) is 15.5. The molecule has 1 N–H and O–H groups in total. The molecule has 2 aromatic rings. The number of ether oxygens (including phenoxy) is 2. The number of carbonyl (C=O) groups is 1. The van der Waals surface area contributed by atoms with E-state index in [1.54, 1.807) is 24.3 Å². The molecule has 0 aliphatic heterocycles. The molecule has 0 aliphatic rings. The van der Waals surface area contributed by atoms with Crippen molar-refractivity contribution in [3.63, 3.8) is 0 Å². The third kappa shape index (κ3) is 6.31. The van der Waals surface area contributed by atoms with E-state index in [4.69, 9.17) is 21.1 Å². The molecule has 2 aromatic carbocycles. The second-order valence-corrected chi connectivity index (χ2v) is 6.44. The molecule has 4 nitrogen and oxygen atoms in total. The van der Waals surface area contributed by atoms with Gasteiger partial charge in [-0.1, -0.05) is 36.7 Å². The molecule has 1 atom stereocenters. The molecular weight excluding hydrogens is 338 g/mol.